The minimum atomic E-state index is -3.77. The molecule has 24 heavy (non-hydrogen) atoms. The van der Waals surface area contributed by atoms with E-state index >= 15 is 0 Å². The van der Waals surface area contributed by atoms with Crippen LogP contribution in [0.4, 0.5) is 5.69 Å². The summed E-state index contributed by atoms with van der Waals surface area (Å²) in [6.07, 6.45) is 0. The zero-order valence-corrected chi connectivity index (χ0v) is 15.3. The third-order valence-corrected chi connectivity index (χ3v) is 6.22. The highest BCUT2D eigenvalue weighted by molar-refractivity contribution is 7.89. The molecule has 3 aromatic rings. The average Bonchev–Trinajstić information content (AvgIpc) is 2.87. The van der Waals surface area contributed by atoms with Crippen LogP contribution in [0.1, 0.15) is 20.8 Å². The number of nitrogen functional groups attached to an aromatic ring is 1. The molecule has 0 saturated heterocycles. The predicted molar refractivity (Wildman–Crippen MR) is 99.5 cm³/mol. The van der Waals surface area contributed by atoms with Crippen molar-refractivity contribution in [3.05, 3.63) is 42.5 Å². The van der Waals surface area contributed by atoms with Crippen LogP contribution in [0.15, 0.2) is 47.4 Å². The Labute approximate surface area is 145 Å². The molecule has 2 aromatic carbocycles. The van der Waals surface area contributed by atoms with Crippen molar-refractivity contribution in [2.75, 3.05) is 5.73 Å². The van der Waals surface area contributed by atoms with Crippen LogP contribution < -0.4 is 10.5 Å². The van der Waals surface area contributed by atoms with Crippen molar-refractivity contribution in [1.29, 1.82) is 0 Å². The number of nitrogens with zero attached hydrogens (tertiary/aromatic N) is 1. The molecule has 0 aliphatic heterocycles. The first-order chi connectivity index (χ1) is 11.2. The van der Waals surface area contributed by atoms with Crippen molar-refractivity contribution in [2.24, 2.45) is 0 Å². The van der Waals surface area contributed by atoms with Gasteiger partial charge in [0.2, 0.25) is 10.0 Å². The highest BCUT2D eigenvalue weighted by atomic mass is 32.2. The fourth-order valence-electron chi connectivity index (χ4n) is 2.46. The third-order valence-electron chi connectivity index (χ3n) is 3.28. The molecule has 1 aromatic heterocycles. The van der Waals surface area contributed by atoms with Gasteiger partial charge < -0.3 is 5.73 Å². The van der Waals surface area contributed by atoms with Gasteiger partial charge in [-0.3, -0.25) is 0 Å². The maximum Gasteiger partial charge on any atom is 0.243 e. The maximum absolute atomic E-state index is 12.9. The van der Waals surface area contributed by atoms with E-state index < -0.39 is 15.6 Å². The van der Waals surface area contributed by atoms with E-state index in [1.54, 1.807) is 39.0 Å². The second-order valence-corrected chi connectivity index (χ2v) is 9.22. The molecule has 3 N–H and O–H groups in total. The molecule has 0 saturated carbocycles. The molecule has 0 amide bonds. The number of hydrogen-bond donors (Lipinski definition) is 2. The number of sulfonamides is 1. The molecule has 0 aliphatic carbocycles. The molecule has 0 fully saturated rings. The highest BCUT2D eigenvalue weighted by Crippen LogP contribution is 2.36. The van der Waals surface area contributed by atoms with E-state index in [0.29, 0.717) is 10.6 Å². The molecule has 0 spiro atoms. The Balaban J connectivity index is 2.21. The Morgan fingerprint density at radius 2 is 1.79 bits per heavy atom. The Morgan fingerprint density at radius 3 is 2.46 bits per heavy atom. The maximum atomic E-state index is 12.9. The summed E-state index contributed by atoms with van der Waals surface area (Å²) in [7, 11) is -3.77. The number of fused-ring (bicyclic) bond motifs is 1. The van der Waals surface area contributed by atoms with E-state index in [0.717, 1.165) is 10.2 Å². The fraction of sp³-hybridized carbons (Fsp3) is 0.235. The monoisotopic (exact) mass is 361 g/mol. The van der Waals surface area contributed by atoms with Gasteiger partial charge in [-0.1, -0.05) is 24.3 Å². The van der Waals surface area contributed by atoms with Crippen LogP contribution in [-0.4, -0.2) is 18.9 Å². The van der Waals surface area contributed by atoms with Gasteiger partial charge in [-0.15, -0.1) is 11.3 Å². The van der Waals surface area contributed by atoms with Crippen LogP contribution in [0.5, 0.6) is 0 Å². The summed E-state index contributed by atoms with van der Waals surface area (Å²) in [5.74, 6) is 0. The fourth-order valence-corrected chi connectivity index (χ4v) is 5.27. The molecular weight excluding hydrogens is 342 g/mol. The van der Waals surface area contributed by atoms with Crippen LogP contribution in [0, 0.1) is 0 Å². The van der Waals surface area contributed by atoms with Gasteiger partial charge in [0, 0.05) is 11.1 Å². The van der Waals surface area contributed by atoms with Crippen LogP contribution in [-0.2, 0) is 10.0 Å². The molecule has 3 rings (SSSR count). The number of aromatic nitrogens is 1. The number of hydrogen-bond acceptors (Lipinski definition) is 5. The van der Waals surface area contributed by atoms with Gasteiger partial charge in [0.05, 0.1) is 15.9 Å². The number of para-hydroxylation sites is 1. The van der Waals surface area contributed by atoms with Gasteiger partial charge in [0.15, 0.2) is 0 Å². The van der Waals surface area contributed by atoms with Crippen molar-refractivity contribution < 1.29 is 8.42 Å². The Hall–Kier alpha value is -1.96. The van der Waals surface area contributed by atoms with Gasteiger partial charge in [-0.25, -0.2) is 18.1 Å². The van der Waals surface area contributed by atoms with Crippen LogP contribution in [0.2, 0.25) is 0 Å². The lowest BCUT2D eigenvalue weighted by atomic mass is 10.1. The number of nitrogens with two attached hydrogens (primary N) is 1. The molecular formula is C17H19N3O2S2. The van der Waals surface area contributed by atoms with Crippen LogP contribution in [0.3, 0.4) is 0 Å². The SMILES string of the molecule is CC(C)(C)NS(=O)(=O)c1c(N)cccc1-c1nc2ccccc2s1. The molecule has 1 heterocycles. The van der Waals surface area contributed by atoms with Crippen LogP contribution >= 0.6 is 11.3 Å². The Kier molecular flexibility index (Phi) is 4.11. The standard InChI is InChI=1S/C17H19N3O2S2/c1-17(2,3)20-24(21,22)15-11(7-6-8-12(15)18)16-19-13-9-4-5-10-14(13)23-16/h4-10,20H,18H2,1-3H3. The summed E-state index contributed by atoms with van der Waals surface area (Å²) in [6.45, 7) is 5.38. The second-order valence-electron chi connectivity index (χ2n) is 6.57. The Bertz CT molecular complexity index is 969. The van der Waals surface area contributed by atoms with Gasteiger partial charge in [-0.2, -0.15) is 0 Å². The predicted octanol–water partition coefficient (Wildman–Crippen LogP) is 3.62. The van der Waals surface area contributed by atoms with Gasteiger partial charge >= 0.3 is 0 Å². The number of nitrogens with one attached hydrogen (secondary N) is 1. The molecule has 0 aliphatic rings. The smallest absolute Gasteiger partial charge is 0.243 e. The zero-order chi connectivity index (χ0) is 17.5. The summed E-state index contributed by atoms with van der Waals surface area (Å²) >= 11 is 1.45. The molecule has 0 atom stereocenters. The summed E-state index contributed by atoms with van der Waals surface area (Å²) in [5, 5.41) is 0.637. The van der Waals surface area contributed by atoms with Crippen molar-refractivity contribution in [3.8, 4) is 10.6 Å². The minimum absolute atomic E-state index is 0.0824. The number of rotatable bonds is 3. The van der Waals surface area contributed by atoms with Crippen LogP contribution in [0.25, 0.3) is 20.8 Å². The first-order valence-electron chi connectivity index (χ1n) is 7.46. The second kappa shape index (κ2) is 5.84. The molecule has 0 bridgehead atoms. The van der Waals surface area contributed by atoms with E-state index in [1.165, 1.54) is 11.3 Å². The lowest BCUT2D eigenvalue weighted by molar-refractivity contribution is 0.492. The first-order valence-corrected chi connectivity index (χ1v) is 9.76. The largest absolute Gasteiger partial charge is 0.398 e. The number of anilines is 1. The van der Waals surface area contributed by atoms with Crippen molar-refractivity contribution in [1.82, 2.24) is 9.71 Å². The first kappa shape index (κ1) is 16.9. The molecule has 0 radical (unpaired) electrons. The average molecular weight is 361 g/mol. The zero-order valence-electron chi connectivity index (χ0n) is 13.7. The summed E-state index contributed by atoms with van der Waals surface area (Å²) < 4.78 is 29.4. The van der Waals surface area contributed by atoms with E-state index in [-0.39, 0.29) is 10.6 Å². The third kappa shape index (κ3) is 3.28. The summed E-state index contributed by atoms with van der Waals surface area (Å²) in [6, 6.07) is 12.8. The minimum Gasteiger partial charge on any atom is -0.398 e. The quantitative estimate of drug-likeness (QED) is 0.698. The highest BCUT2D eigenvalue weighted by Gasteiger charge is 2.28. The van der Waals surface area contributed by atoms with Gasteiger partial charge in [0.25, 0.3) is 0 Å². The topological polar surface area (TPSA) is 85.1 Å². The summed E-state index contributed by atoms with van der Waals surface area (Å²) in [5.41, 5.74) is 6.98. The molecule has 5 nitrogen and oxygen atoms in total. The molecule has 7 heteroatoms. The molecule has 0 unspecified atom stereocenters. The van der Waals surface area contributed by atoms with Gasteiger partial charge in [0.1, 0.15) is 9.90 Å². The number of thiazole rings is 1. The van der Waals surface area contributed by atoms with E-state index in [1.807, 2.05) is 24.3 Å². The van der Waals surface area contributed by atoms with E-state index in [4.69, 9.17) is 5.73 Å². The Morgan fingerprint density at radius 1 is 1.08 bits per heavy atom. The van der Waals surface area contributed by atoms with E-state index in [9.17, 15) is 8.42 Å². The molecule has 126 valence electrons. The number of benzene rings is 2. The van der Waals surface area contributed by atoms with Gasteiger partial charge in [-0.05, 0) is 39.0 Å². The summed E-state index contributed by atoms with van der Waals surface area (Å²) in [4.78, 5) is 4.65. The lowest BCUT2D eigenvalue weighted by Crippen LogP contribution is -2.40. The lowest BCUT2D eigenvalue weighted by Gasteiger charge is -2.22. The van der Waals surface area contributed by atoms with Crippen molar-refractivity contribution in [3.63, 3.8) is 0 Å². The van der Waals surface area contributed by atoms with Crippen molar-refractivity contribution in [2.45, 2.75) is 31.2 Å². The normalized spacial score (nSPS) is 12.6. The van der Waals surface area contributed by atoms with E-state index in [2.05, 4.69) is 9.71 Å². The van der Waals surface area contributed by atoms with Crippen molar-refractivity contribution >= 4 is 37.3 Å².